The van der Waals surface area contributed by atoms with Crippen LogP contribution in [-0.4, -0.2) is 49.7 Å². The topological polar surface area (TPSA) is 47.9 Å². The molecule has 1 amide bonds. The number of amides is 1. The van der Waals surface area contributed by atoms with Crippen LogP contribution in [0.3, 0.4) is 0 Å². The van der Waals surface area contributed by atoms with Crippen molar-refractivity contribution in [1.29, 1.82) is 0 Å². The Morgan fingerprint density at radius 1 is 1.04 bits per heavy atom. The smallest absolute Gasteiger partial charge is 0.241 e. The molecule has 1 heterocycles. The van der Waals surface area contributed by atoms with Crippen molar-refractivity contribution in [3.63, 3.8) is 0 Å². The van der Waals surface area contributed by atoms with Crippen LogP contribution in [0.25, 0.3) is 0 Å². The molecular weight excluding hydrogens is 392 g/mol. The second-order valence-corrected chi connectivity index (χ2v) is 7.08. The number of hydrogen-bond acceptors (Lipinski definition) is 4. The Hall–Kier alpha value is -2.18. The SMILES string of the molecule is O=C(CCN1CCN(c2ccccc2)CC1)N/N=C\c1ccccc1Br. The first kappa shape index (κ1) is 18.6. The molecule has 1 fully saturated rings. The second kappa shape index (κ2) is 9.50. The number of anilines is 1. The zero-order valence-electron chi connectivity index (χ0n) is 14.6. The Kier molecular flexibility index (Phi) is 6.80. The van der Waals surface area contributed by atoms with Crippen molar-refractivity contribution in [2.75, 3.05) is 37.6 Å². The predicted molar refractivity (Wildman–Crippen MR) is 110 cm³/mol. The molecule has 26 heavy (non-hydrogen) atoms. The van der Waals surface area contributed by atoms with E-state index in [1.54, 1.807) is 6.21 Å². The molecule has 0 atom stereocenters. The van der Waals surface area contributed by atoms with E-state index in [4.69, 9.17) is 0 Å². The van der Waals surface area contributed by atoms with Gasteiger partial charge in [0, 0.05) is 54.9 Å². The van der Waals surface area contributed by atoms with Gasteiger partial charge in [0.05, 0.1) is 6.21 Å². The van der Waals surface area contributed by atoms with Crippen LogP contribution in [0.15, 0.2) is 64.2 Å². The standard InChI is InChI=1S/C20H23BrN4O/c21-19-9-5-4-6-17(19)16-22-23-20(26)10-11-24-12-14-25(15-13-24)18-7-2-1-3-8-18/h1-9,16H,10-15H2,(H,23,26)/b22-16-. The Bertz CT molecular complexity index is 742. The van der Waals surface area contributed by atoms with Crippen molar-refractivity contribution >= 4 is 33.7 Å². The fraction of sp³-hybridized carbons (Fsp3) is 0.300. The molecule has 0 bridgehead atoms. The maximum absolute atomic E-state index is 12.0. The number of para-hydroxylation sites is 1. The van der Waals surface area contributed by atoms with Crippen molar-refractivity contribution in [3.8, 4) is 0 Å². The zero-order chi connectivity index (χ0) is 18.2. The number of benzene rings is 2. The molecule has 1 aliphatic heterocycles. The van der Waals surface area contributed by atoms with Crippen LogP contribution in [0.4, 0.5) is 5.69 Å². The highest BCUT2D eigenvalue weighted by Crippen LogP contribution is 2.15. The Morgan fingerprint density at radius 3 is 2.46 bits per heavy atom. The van der Waals surface area contributed by atoms with Crippen LogP contribution in [-0.2, 0) is 4.79 Å². The molecule has 1 aliphatic rings. The van der Waals surface area contributed by atoms with Gasteiger partial charge in [0.1, 0.15) is 0 Å². The van der Waals surface area contributed by atoms with Gasteiger partial charge in [-0.3, -0.25) is 9.69 Å². The highest BCUT2D eigenvalue weighted by Gasteiger charge is 2.17. The summed E-state index contributed by atoms with van der Waals surface area (Å²) in [5.41, 5.74) is 4.81. The van der Waals surface area contributed by atoms with Gasteiger partial charge in [0.25, 0.3) is 0 Å². The third kappa shape index (κ3) is 5.41. The maximum atomic E-state index is 12.0. The van der Waals surface area contributed by atoms with Gasteiger partial charge in [-0.05, 0) is 18.2 Å². The van der Waals surface area contributed by atoms with E-state index in [0.29, 0.717) is 6.42 Å². The van der Waals surface area contributed by atoms with Crippen LogP contribution >= 0.6 is 15.9 Å². The molecule has 2 aromatic rings. The Morgan fingerprint density at radius 2 is 1.73 bits per heavy atom. The molecule has 0 unspecified atom stereocenters. The summed E-state index contributed by atoms with van der Waals surface area (Å²) >= 11 is 3.45. The van der Waals surface area contributed by atoms with Gasteiger partial charge in [-0.25, -0.2) is 5.43 Å². The summed E-state index contributed by atoms with van der Waals surface area (Å²) < 4.78 is 0.953. The molecule has 0 aromatic heterocycles. The van der Waals surface area contributed by atoms with Crippen LogP contribution in [0, 0.1) is 0 Å². The average molecular weight is 415 g/mol. The summed E-state index contributed by atoms with van der Waals surface area (Å²) in [6.07, 6.45) is 2.11. The lowest BCUT2D eigenvalue weighted by Gasteiger charge is -2.36. The molecule has 1 saturated heterocycles. The maximum Gasteiger partial charge on any atom is 0.241 e. The normalized spacial score (nSPS) is 15.3. The van der Waals surface area contributed by atoms with Gasteiger partial charge in [0.15, 0.2) is 0 Å². The molecule has 0 radical (unpaired) electrons. The number of piperazine rings is 1. The number of carbonyl (C=O) groups is 1. The van der Waals surface area contributed by atoms with Gasteiger partial charge < -0.3 is 4.90 Å². The first-order chi connectivity index (χ1) is 12.7. The third-order valence-corrected chi connectivity index (χ3v) is 5.17. The molecule has 5 nitrogen and oxygen atoms in total. The fourth-order valence-corrected chi connectivity index (χ4v) is 3.32. The quantitative estimate of drug-likeness (QED) is 0.583. The third-order valence-electron chi connectivity index (χ3n) is 4.45. The predicted octanol–water partition coefficient (Wildman–Crippen LogP) is 3.11. The fourth-order valence-electron chi connectivity index (χ4n) is 2.94. The van der Waals surface area contributed by atoms with E-state index in [1.165, 1.54) is 5.69 Å². The molecule has 0 spiro atoms. The summed E-state index contributed by atoms with van der Waals surface area (Å²) in [6.45, 7) is 4.70. The van der Waals surface area contributed by atoms with E-state index in [-0.39, 0.29) is 5.91 Å². The first-order valence-electron chi connectivity index (χ1n) is 8.81. The van der Waals surface area contributed by atoms with E-state index in [9.17, 15) is 4.79 Å². The molecule has 136 valence electrons. The van der Waals surface area contributed by atoms with Crippen molar-refractivity contribution in [2.24, 2.45) is 5.10 Å². The monoisotopic (exact) mass is 414 g/mol. The number of halogens is 1. The lowest BCUT2D eigenvalue weighted by atomic mass is 10.2. The molecule has 0 saturated carbocycles. The van der Waals surface area contributed by atoms with Crippen molar-refractivity contribution in [1.82, 2.24) is 10.3 Å². The average Bonchev–Trinajstić information content (AvgIpc) is 2.69. The first-order valence-corrected chi connectivity index (χ1v) is 9.60. The van der Waals surface area contributed by atoms with Gasteiger partial charge in [-0.2, -0.15) is 5.10 Å². The number of hydrogen-bond donors (Lipinski definition) is 1. The number of hydrazone groups is 1. The number of carbonyl (C=O) groups excluding carboxylic acids is 1. The van der Waals surface area contributed by atoms with Crippen LogP contribution in [0.2, 0.25) is 0 Å². The number of rotatable bonds is 6. The van der Waals surface area contributed by atoms with Crippen molar-refractivity contribution in [2.45, 2.75) is 6.42 Å². The Balaban J connectivity index is 1.37. The summed E-state index contributed by atoms with van der Waals surface area (Å²) in [6, 6.07) is 18.2. The minimum Gasteiger partial charge on any atom is -0.369 e. The van der Waals surface area contributed by atoms with E-state index < -0.39 is 0 Å². The summed E-state index contributed by atoms with van der Waals surface area (Å²) in [5, 5.41) is 4.04. The molecule has 1 N–H and O–H groups in total. The van der Waals surface area contributed by atoms with Gasteiger partial charge in [-0.1, -0.05) is 52.3 Å². The Labute approximate surface area is 162 Å². The largest absolute Gasteiger partial charge is 0.369 e. The minimum absolute atomic E-state index is 0.0567. The molecule has 6 heteroatoms. The van der Waals surface area contributed by atoms with Crippen LogP contribution < -0.4 is 10.3 Å². The molecule has 2 aromatic carbocycles. The highest BCUT2D eigenvalue weighted by atomic mass is 79.9. The second-order valence-electron chi connectivity index (χ2n) is 6.23. The van der Waals surface area contributed by atoms with Gasteiger partial charge in [-0.15, -0.1) is 0 Å². The van der Waals surface area contributed by atoms with E-state index >= 15 is 0 Å². The molecule has 3 rings (SSSR count). The lowest BCUT2D eigenvalue weighted by molar-refractivity contribution is -0.121. The summed E-state index contributed by atoms with van der Waals surface area (Å²) in [5.74, 6) is -0.0567. The number of nitrogens with zero attached hydrogens (tertiary/aromatic N) is 3. The molecular formula is C20H23BrN4O. The minimum atomic E-state index is -0.0567. The lowest BCUT2D eigenvalue weighted by Crippen LogP contribution is -2.47. The highest BCUT2D eigenvalue weighted by molar-refractivity contribution is 9.10. The van der Waals surface area contributed by atoms with Crippen LogP contribution in [0.5, 0.6) is 0 Å². The van der Waals surface area contributed by atoms with Gasteiger partial charge in [0.2, 0.25) is 5.91 Å². The van der Waals surface area contributed by atoms with Crippen molar-refractivity contribution < 1.29 is 4.79 Å². The summed E-state index contributed by atoms with van der Waals surface area (Å²) in [7, 11) is 0. The zero-order valence-corrected chi connectivity index (χ0v) is 16.2. The summed E-state index contributed by atoms with van der Waals surface area (Å²) in [4.78, 5) is 16.7. The number of nitrogens with one attached hydrogen (secondary N) is 1. The van der Waals surface area contributed by atoms with E-state index in [0.717, 1.165) is 42.8 Å². The molecule has 0 aliphatic carbocycles. The van der Waals surface area contributed by atoms with Gasteiger partial charge >= 0.3 is 0 Å². The van der Waals surface area contributed by atoms with E-state index in [2.05, 4.69) is 60.5 Å². The van der Waals surface area contributed by atoms with E-state index in [1.807, 2.05) is 30.3 Å². The van der Waals surface area contributed by atoms with Crippen molar-refractivity contribution in [3.05, 3.63) is 64.6 Å². The van der Waals surface area contributed by atoms with Crippen LogP contribution in [0.1, 0.15) is 12.0 Å².